The van der Waals surface area contributed by atoms with Gasteiger partial charge >= 0.3 is 0 Å². The molecule has 0 bridgehead atoms. The summed E-state index contributed by atoms with van der Waals surface area (Å²) in [6.45, 7) is 0. The van der Waals surface area contributed by atoms with Crippen LogP contribution in [-0.2, 0) is 0 Å². The van der Waals surface area contributed by atoms with E-state index in [0.717, 1.165) is 11.4 Å². The molecule has 0 atom stereocenters. The van der Waals surface area contributed by atoms with Crippen molar-refractivity contribution in [2.24, 2.45) is 20.5 Å². The highest BCUT2D eigenvalue weighted by Gasteiger charge is 1.96. The van der Waals surface area contributed by atoms with Crippen LogP contribution in [-0.4, -0.2) is 4.98 Å². The van der Waals surface area contributed by atoms with Crippen LogP contribution in [0.2, 0.25) is 0 Å². The number of rotatable bonds is 4. The molecule has 0 spiro atoms. The van der Waals surface area contributed by atoms with Crippen LogP contribution in [0.25, 0.3) is 0 Å². The van der Waals surface area contributed by atoms with E-state index in [2.05, 4.69) is 25.4 Å². The molecule has 0 saturated carbocycles. The second-order valence-corrected chi connectivity index (χ2v) is 4.30. The highest BCUT2D eigenvalue weighted by Crippen LogP contribution is 2.22. The molecule has 1 N–H and O–H groups in total. The lowest BCUT2D eigenvalue weighted by molar-refractivity contribution is 1.14. The molecule has 0 amide bonds. The Morgan fingerprint density at radius 2 is 0.905 bits per heavy atom. The molecule has 3 rings (SSSR count). The Morgan fingerprint density at radius 1 is 0.476 bits per heavy atom. The molecule has 0 aliphatic rings. The second-order valence-electron chi connectivity index (χ2n) is 4.30. The number of aromatic amines is 1. The smallest absolute Gasteiger partial charge is 0.154 e. The molecule has 0 aliphatic heterocycles. The Kier molecular flexibility index (Phi) is 3.93. The van der Waals surface area contributed by atoms with E-state index in [0.29, 0.717) is 11.6 Å². The lowest BCUT2D eigenvalue weighted by atomic mass is 10.3. The van der Waals surface area contributed by atoms with Crippen molar-refractivity contribution in [1.29, 1.82) is 0 Å². The summed E-state index contributed by atoms with van der Waals surface area (Å²) in [5.74, 6) is 1.28. The third kappa shape index (κ3) is 3.70. The van der Waals surface area contributed by atoms with Gasteiger partial charge < -0.3 is 4.98 Å². The molecule has 0 radical (unpaired) electrons. The number of H-pyrrole nitrogens is 1. The van der Waals surface area contributed by atoms with Gasteiger partial charge in [0.1, 0.15) is 0 Å². The van der Waals surface area contributed by atoms with Gasteiger partial charge in [0.15, 0.2) is 11.6 Å². The van der Waals surface area contributed by atoms with E-state index in [9.17, 15) is 0 Å². The van der Waals surface area contributed by atoms with Crippen molar-refractivity contribution in [1.82, 2.24) is 4.98 Å². The fourth-order valence-corrected chi connectivity index (χ4v) is 1.70. The standard InChI is InChI=1S/C16H13N5/c1-3-7-13(8-4-1)18-20-15-11-12-16(17-15)21-19-14-9-5-2-6-10-14/h1-12,17H. The number of benzene rings is 2. The molecule has 5 nitrogen and oxygen atoms in total. The fraction of sp³-hybridized carbons (Fsp3) is 0. The van der Waals surface area contributed by atoms with Crippen LogP contribution in [0.4, 0.5) is 23.0 Å². The molecule has 5 heteroatoms. The zero-order valence-corrected chi connectivity index (χ0v) is 11.2. The first kappa shape index (κ1) is 12.9. The minimum atomic E-state index is 0.640. The van der Waals surface area contributed by atoms with Crippen LogP contribution in [0.3, 0.4) is 0 Å². The van der Waals surface area contributed by atoms with E-state index >= 15 is 0 Å². The lowest BCUT2D eigenvalue weighted by Gasteiger charge is -1.90. The molecule has 1 aromatic heterocycles. The van der Waals surface area contributed by atoms with Gasteiger partial charge in [-0.3, -0.25) is 0 Å². The van der Waals surface area contributed by atoms with Gasteiger partial charge in [0, 0.05) is 0 Å². The topological polar surface area (TPSA) is 65.2 Å². The Bertz CT molecular complexity index is 681. The normalized spacial score (nSPS) is 11.4. The summed E-state index contributed by atoms with van der Waals surface area (Å²) in [6.07, 6.45) is 0. The summed E-state index contributed by atoms with van der Waals surface area (Å²) in [4.78, 5) is 3.03. The highest BCUT2D eigenvalue weighted by molar-refractivity contribution is 5.43. The SMILES string of the molecule is c1ccc(N=Nc2ccc(N=Nc3ccccc3)[nH]2)cc1. The summed E-state index contributed by atoms with van der Waals surface area (Å²) in [5, 5.41) is 16.5. The van der Waals surface area contributed by atoms with Crippen molar-refractivity contribution < 1.29 is 0 Å². The van der Waals surface area contributed by atoms with Gasteiger partial charge in [0.2, 0.25) is 0 Å². The quantitative estimate of drug-likeness (QED) is 0.581. The fourth-order valence-electron chi connectivity index (χ4n) is 1.70. The monoisotopic (exact) mass is 275 g/mol. The second kappa shape index (κ2) is 6.38. The maximum atomic E-state index is 4.13. The van der Waals surface area contributed by atoms with Crippen molar-refractivity contribution in [2.75, 3.05) is 0 Å². The van der Waals surface area contributed by atoms with Gasteiger partial charge in [-0.2, -0.15) is 0 Å². The molecule has 2 aromatic carbocycles. The van der Waals surface area contributed by atoms with E-state index in [1.807, 2.05) is 72.8 Å². The minimum absolute atomic E-state index is 0.640. The van der Waals surface area contributed by atoms with E-state index in [1.165, 1.54) is 0 Å². The molecular weight excluding hydrogens is 262 g/mol. The maximum absolute atomic E-state index is 4.13. The summed E-state index contributed by atoms with van der Waals surface area (Å²) in [5.41, 5.74) is 1.61. The largest absolute Gasteiger partial charge is 0.322 e. The van der Waals surface area contributed by atoms with Crippen LogP contribution in [0.1, 0.15) is 0 Å². The molecule has 3 aromatic rings. The Hall–Kier alpha value is -3.08. The summed E-state index contributed by atoms with van der Waals surface area (Å²) >= 11 is 0. The van der Waals surface area contributed by atoms with Crippen molar-refractivity contribution >= 4 is 23.0 Å². The van der Waals surface area contributed by atoms with Gasteiger partial charge in [-0.1, -0.05) is 36.4 Å². The predicted molar refractivity (Wildman–Crippen MR) is 82.0 cm³/mol. The van der Waals surface area contributed by atoms with Crippen molar-refractivity contribution in [3.63, 3.8) is 0 Å². The Balaban J connectivity index is 1.69. The van der Waals surface area contributed by atoms with Crippen LogP contribution >= 0.6 is 0 Å². The predicted octanol–water partition coefficient (Wildman–Crippen LogP) is 5.85. The third-order valence-electron chi connectivity index (χ3n) is 2.71. The lowest BCUT2D eigenvalue weighted by Crippen LogP contribution is -1.64. The Morgan fingerprint density at radius 3 is 1.33 bits per heavy atom. The number of azo groups is 2. The number of hydrogen-bond acceptors (Lipinski definition) is 4. The van der Waals surface area contributed by atoms with Crippen LogP contribution in [0.5, 0.6) is 0 Å². The van der Waals surface area contributed by atoms with Gasteiger partial charge in [-0.05, 0) is 36.4 Å². The van der Waals surface area contributed by atoms with Gasteiger partial charge in [0.25, 0.3) is 0 Å². The molecule has 0 aliphatic carbocycles. The van der Waals surface area contributed by atoms with Crippen molar-refractivity contribution in [3.8, 4) is 0 Å². The summed E-state index contributed by atoms with van der Waals surface area (Å²) in [7, 11) is 0. The molecule has 21 heavy (non-hydrogen) atoms. The first-order valence-corrected chi connectivity index (χ1v) is 6.53. The summed E-state index contributed by atoms with van der Waals surface area (Å²) in [6, 6.07) is 22.7. The maximum Gasteiger partial charge on any atom is 0.154 e. The number of aromatic nitrogens is 1. The highest BCUT2D eigenvalue weighted by atomic mass is 15.2. The molecule has 102 valence electrons. The number of nitrogens with one attached hydrogen (secondary N) is 1. The molecule has 1 heterocycles. The first-order valence-electron chi connectivity index (χ1n) is 6.53. The van der Waals surface area contributed by atoms with E-state index in [1.54, 1.807) is 0 Å². The van der Waals surface area contributed by atoms with Crippen molar-refractivity contribution in [2.45, 2.75) is 0 Å². The first-order chi connectivity index (χ1) is 10.4. The molecule has 0 unspecified atom stereocenters. The number of hydrogen-bond donors (Lipinski definition) is 1. The average Bonchev–Trinajstić information content (AvgIpc) is 3.01. The third-order valence-corrected chi connectivity index (χ3v) is 2.71. The van der Waals surface area contributed by atoms with Gasteiger partial charge in [0.05, 0.1) is 11.4 Å². The number of nitrogens with zero attached hydrogens (tertiary/aromatic N) is 4. The molecule has 0 fully saturated rings. The summed E-state index contributed by atoms with van der Waals surface area (Å²) < 4.78 is 0. The van der Waals surface area contributed by atoms with E-state index < -0.39 is 0 Å². The zero-order chi connectivity index (χ0) is 14.3. The minimum Gasteiger partial charge on any atom is -0.322 e. The Labute approximate surface area is 122 Å². The van der Waals surface area contributed by atoms with Crippen LogP contribution < -0.4 is 0 Å². The molecule has 0 saturated heterocycles. The van der Waals surface area contributed by atoms with Crippen molar-refractivity contribution in [3.05, 3.63) is 72.8 Å². The van der Waals surface area contributed by atoms with Crippen LogP contribution in [0.15, 0.2) is 93.3 Å². The van der Waals surface area contributed by atoms with Gasteiger partial charge in [-0.15, -0.1) is 20.5 Å². The average molecular weight is 275 g/mol. The molecular formula is C16H13N5. The van der Waals surface area contributed by atoms with Gasteiger partial charge in [-0.25, -0.2) is 0 Å². The van der Waals surface area contributed by atoms with Crippen LogP contribution in [0, 0.1) is 0 Å². The van der Waals surface area contributed by atoms with E-state index in [4.69, 9.17) is 0 Å². The zero-order valence-electron chi connectivity index (χ0n) is 11.2. The van der Waals surface area contributed by atoms with E-state index in [-0.39, 0.29) is 0 Å².